The molecule has 1 aliphatic rings. The molecule has 2 amide bonds. The molecule has 0 aliphatic carbocycles. The van der Waals surface area contributed by atoms with Gasteiger partial charge in [-0.1, -0.05) is 6.07 Å². The summed E-state index contributed by atoms with van der Waals surface area (Å²) in [6, 6.07) is 8.84. The van der Waals surface area contributed by atoms with Gasteiger partial charge in [-0.05, 0) is 56.3 Å². The Balaban J connectivity index is 0.00000182. The molecule has 3 N–H and O–H groups in total. The number of halogens is 3. The fraction of sp³-hybridized carbons (Fsp3) is 0.278. The zero-order chi connectivity index (χ0) is 17.6. The monoisotopic (exact) mass is 414 g/mol. The van der Waals surface area contributed by atoms with Crippen molar-refractivity contribution in [1.82, 2.24) is 10.3 Å². The second kappa shape index (κ2) is 10.8. The van der Waals surface area contributed by atoms with E-state index < -0.39 is 11.7 Å². The standard InChI is InChI=1S/C18H19FN4O2.2ClH/c19-13-4-5-14(22-18(25)15-3-1-2-8-21-15)16(11-13)23-17(24)12-6-9-20-10-7-12;;/h1-5,8,11-12,20H,6-7,9-10H2,(H,22,25)(H,23,24);2*1H. The Morgan fingerprint density at radius 2 is 1.78 bits per heavy atom. The number of nitrogens with one attached hydrogen (secondary N) is 3. The van der Waals surface area contributed by atoms with E-state index in [0.29, 0.717) is 5.69 Å². The maximum atomic E-state index is 13.6. The van der Waals surface area contributed by atoms with Gasteiger partial charge in [-0.2, -0.15) is 0 Å². The van der Waals surface area contributed by atoms with Crippen LogP contribution in [-0.2, 0) is 4.79 Å². The summed E-state index contributed by atoms with van der Waals surface area (Å²) in [7, 11) is 0. The van der Waals surface area contributed by atoms with Crippen molar-refractivity contribution in [3.63, 3.8) is 0 Å². The zero-order valence-corrected chi connectivity index (χ0v) is 16.0. The molecule has 2 heterocycles. The van der Waals surface area contributed by atoms with Crippen LogP contribution in [0.15, 0.2) is 42.6 Å². The third kappa shape index (κ3) is 6.16. The van der Waals surface area contributed by atoms with Crippen molar-refractivity contribution in [3.8, 4) is 0 Å². The minimum atomic E-state index is -0.489. The third-order valence-electron chi connectivity index (χ3n) is 4.10. The first-order valence-electron chi connectivity index (χ1n) is 8.17. The SMILES string of the molecule is Cl.Cl.O=C(Nc1ccc(F)cc1NC(=O)C1CCNCC1)c1ccccn1. The summed E-state index contributed by atoms with van der Waals surface area (Å²) < 4.78 is 13.6. The summed E-state index contributed by atoms with van der Waals surface area (Å²) >= 11 is 0. The van der Waals surface area contributed by atoms with E-state index >= 15 is 0 Å². The number of aromatic nitrogens is 1. The Morgan fingerprint density at radius 3 is 2.44 bits per heavy atom. The fourth-order valence-electron chi connectivity index (χ4n) is 2.73. The number of hydrogen-bond acceptors (Lipinski definition) is 4. The third-order valence-corrected chi connectivity index (χ3v) is 4.10. The Hall–Kier alpha value is -2.22. The van der Waals surface area contributed by atoms with Crippen LogP contribution in [0.4, 0.5) is 15.8 Å². The number of pyridine rings is 1. The van der Waals surface area contributed by atoms with Gasteiger partial charge >= 0.3 is 0 Å². The highest BCUT2D eigenvalue weighted by Gasteiger charge is 2.22. The summed E-state index contributed by atoms with van der Waals surface area (Å²) in [4.78, 5) is 28.6. The Bertz CT molecular complexity index is 771. The second-order valence-electron chi connectivity index (χ2n) is 5.87. The quantitative estimate of drug-likeness (QED) is 0.716. The maximum absolute atomic E-state index is 13.6. The summed E-state index contributed by atoms with van der Waals surface area (Å²) in [5, 5.41) is 8.60. The number of carbonyl (C=O) groups is 2. The van der Waals surface area contributed by atoms with Crippen molar-refractivity contribution in [2.75, 3.05) is 23.7 Å². The lowest BCUT2D eigenvalue weighted by Crippen LogP contribution is -2.34. The average Bonchev–Trinajstić information content (AvgIpc) is 2.65. The molecule has 0 saturated carbocycles. The number of carbonyl (C=O) groups excluding carboxylic acids is 2. The maximum Gasteiger partial charge on any atom is 0.274 e. The van der Waals surface area contributed by atoms with Crippen LogP contribution >= 0.6 is 24.8 Å². The molecule has 0 spiro atoms. The van der Waals surface area contributed by atoms with E-state index in [2.05, 4.69) is 20.9 Å². The van der Waals surface area contributed by atoms with Crippen molar-refractivity contribution in [1.29, 1.82) is 0 Å². The van der Waals surface area contributed by atoms with Crippen LogP contribution in [0.25, 0.3) is 0 Å². The highest BCUT2D eigenvalue weighted by atomic mass is 35.5. The van der Waals surface area contributed by atoms with E-state index in [1.807, 2.05) is 0 Å². The first-order valence-corrected chi connectivity index (χ1v) is 8.17. The lowest BCUT2D eigenvalue weighted by Gasteiger charge is -2.22. The van der Waals surface area contributed by atoms with Crippen LogP contribution in [0.1, 0.15) is 23.3 Å². The predicted molar refractivity (Wildman–Crippen MR) is 107 cm³/mol. The molecule has 0 radical (unpaired) electrons. The summed E-state index contributed by atoms with van der Waals surface area (Å²) in [6.07, 6.45) is 2.98. The van der Waals surface area contributed by atoms with Crippen LogP contribution in [0, 0.1) is 11.7 Å². The highest BCUT2D eigenvalue weighted by Crippen LogP contribution is 2.25. The molecule has 0 unspecified atom stereocenters. The highest BCUT2D eigenvalue weighted by molar-refractivity contribution is 6.06. The van der Waals surface area contributed by atoms with Crippen molar-refractivity contribution >= 4 is 48.0 Å². The van der Waals surface area contributed by atoms with Gasteiger partial charge in [0.25, 0.3) is 5.91 Å². The first-order chi connectivity index (χ1) is 12.1. The second-order valence-corrected chi connectivity index (χ2v) is 5.87. The van der Waals surface area contributed by atoms with Gasteiger partial charge in [-0.3, -0.25) is 14.6 Å². The average molecular weight is 415 g/mol. The normalized spacial score (nSPS) is 13.7. The van der Waals surface area contributed by atoms with Gasteiger partial charge in [0.2, 0.25) is 5.91 Å². The van der Waals surface area contributed by atoms with Crippen molar-refractivity contribution in [2.24, 2.45) is 5.92 Å². The number of piperidine rings is 1. The molecule has 1 aromatic heterocycles. The van der Waals surface area contributed by atoms with E-state index in [9.17, 15) is 14.0 Å². The van der Waals surface area contributed by atoms with Crippen LogP contribution in [0.5, 0.6) is 0 Å². The number of rotatable bonds is 4. The Morgan fingerprint density at radius 1 is 1.04 bits per heavy atom. The van der Waals surface area contributed by atoms with E-state index in [0.717, 1.165) is 25.9 Å². The molecule has 1 fully saturated rings. The van der Waals surface area contributed by atoms with Gasteiger partial charge < -0.3 is 16.0 Å². The van der Waals surface area contributed by atoms with Gasteiger partial charge in [0.05, 0.1) is 11.4 Å². The van der Waals surface area contributed by atoms with Crippen LogP contribution in [0.2, 0.25) is 0 Å². The molecule has 0 atom stereocenters. The fourth-order valence-corrected chi connectivity index (χ4v) is 2.73. The molecule has 2 aromatic rings. The molecule has 6 nitrogen and oxygen atoms in total. The topological polar surface area (TPSA) is 83.1 Å². The smallest absolute Gasteiger partial charge is 0.274 e. The summed E-state index contributed by atoms with van der Waals surface area (Å²) in [6.45, 7) is 1.56. The van der Waals surface area contributed by atoms with Gasteiger partial charge in [0.15, 0.2) is 0 Å². The number of amides is 2. The lowest BCUT2D eigenvalue weighted by molar-refractivity contribution is -0.120. The molecular formula is C18H21Cl2FN4O2. The van der Waals surface area contributed by atoms with Crippen molar-refractivity contribution in [3.05, 3.63) is 54.1 Å². The molecule has 27 heavy (non-hydrogen) atoms. The van der Waals surface area contributed by atoms with Gasteiger partial charge in [0, 0.05) is 12.1 Å². The molecule has 1 aromatic carbocycles. The molecule has 9 heteroatoms. The first kappa shape index (κ1) is 22.8. The number of nitrogens with zero attached hydrogens (tertiary/aromatic N) is 1. The molecule has 3 rings (SSSR count). The van der Waals surface area contributed by atoms with Gasteiger partial charge in [0.1, 0.15) is 11.5 Å². The van der Waals surface area contributed by atoms with Crippen LogP contribution < -0.4 is 16.0 Å². The minimum absolute atomic E-state index is 0. The van der Waals surface area contributed by atoms with Crippen LogP contribution in [0.3, 0.4) is 0 Å². The Labute approximate surface area is 169 Å². The molecule has 0 bridgehead atoms. The summed E-state index contributed by atoms with van der Waals surface area (Å²) in [5.41, 5.74) is 0.814. The van der Waals surface area contributed by atoms with E-state index in [-0.39, 0.29) is 48.0 Å². The number of anilines is 2. The largest absolute Gasteiger partial charge is 0.324 e. The van der Waals surface area contributed by atoms with Gasteiger partial charge in [-0.25, -0.2) is 4.39 Å². The Kier molecular flexibility index (Phi) is 9.14. The van der Waals surface area contributed by atoms with E-state index in [1.54, 1.807) is 18.2 Å². The summed E-state index contributed by atoms with van der Waals surface area (Å²) in [5.74, 6) is -1.20. The van der Waals surface area contributed by atoms with E-state index in [1.165, 1.54) is 24.4 Å². The molecule has 1 aliphatic heterocycles. The van der Waals surface area contributed by atoms with E-state index in [4.69, 9.17) is 0 Å². The van der Waals surface area contributed by atoms with Gasteiger partial charge in [-0.15, -0.1) is 24.8 Å². The molecular weight excluding hydrogens is 394 g/mol. The number of benzene rings is 1. The van der Waals surface area contributed by atoms with Crippen molar-refractivity contribution < 1.29 is 14.0 Å². The predicted octanol–water partition coefficient (Wildman–Crippen LogP) is 3.25. The molecule has 146 valence electrons. The zero-order valence-electron chi connectivity index (χ0n) is 14.4. The molecule has 1 saturated heterocycles. The number of hydrogen-bond donors (Lipinski definition) is 3. The minimum Gasteiger partial charge on any atom is -0.324 e. The van der Waals surface area contributed by atoms with Crippen LogP contribution in [-0.4, -0.2) is 29.9 Å². The lowest BCUT2D eigenvalue weighted by atomic mass is 9.97. The van der Waals surface area contributed by atoms with Crippen molar-refractivity contribution in [2.45, 2.75) is 12.8 Å².